The minimum atomic E-state index is 0.360. The van der Waals surface area contributed by atoms with Crippen LogP contribution in [-0.4, -0.2) is 12.3 Å². The molecule has 0 rings (SSSR count). The van der Waals surface area contributed by atoms with E-state index in [0.29, 0.717) is 16.9 Å². The van der Waals surface area contributed by atoms with E-state index in [1.54, 1.807) is 6.08 Å². The Balaban J connectivity index is 4.50. The maximum Gasteiger partial charge on any atom is 0.0502 e. The Bertz CT molecular complexity index is 248. The van der Waals surface area contributed by atoms with E-state index >= 15 is 0 Å². The molecule has 0 radical (unpaired) electrons. The van der Waals surface area contributed by atoms with E-state index in [-0.39, 0.29) is 0 Å². The molecule has 0 heterocycles. The number of nitrogens with zero attached hydrogens (tertiary/aromatic N) is 1. The Kier molecular flexibility index (Phi) is 6.74. The lowest BCUT2D eigenvalue weighted by Crippen LogP contribution is -2.26. The summed E-state index contributed by atoms with van der Waals surface area (Å²) >= 11 is 0. The molecule has 0 aromatic rings. The molecule has 0 saturated heterocycles. The summed E-state index contributed by atoms with van der Waals surface area (Å²) in [6, 6.07) is 0.440. The van der Waals surface area contributed by atoms with Gasteiger partial charge in [-0.1, -0.05) is 60.6 Å². The minimum Gasteiger partial charge on any atom is -0.290 e. The molecule has 17 heavy (non-hydrogen) atoms. The van der Waals surface area contributed by atoms with E-state index in [9.17, 15) is 0 Å². The van der Waals surface area contributed by atoms with Crippen LogP contribution in [0.25, 0.3) is 0 Å². The Morgan fingerprint density at radius 1 is 1.12 bits per heavy atom. The van der Waals surface area contributed by atoms with Crippen molar-refractivity contribution in [3.8, 4) is 0 Å². The summed E-state index contributed by atoms with van der Waals surface area (Å²) in [6.07, 6.45) is 8.39. The van der Waals surface area contributed by atoms with Crippen molar-refractivity contribution < 1.29 is 0 Å². The number of hydrogen-bond acceptors (Lipinski definition) is 1. The van der Waals surface area contributed by atoms with Gasteiger partial charge in [0.1, 0.15) is 0 Å². The highest BCUT2D eigenvalue weighted by Gasteiger charge is 2.29. The van der Waals surface area contributed by atoms with Crippen molar-refractivity contribution in [1.82, 2.24) is 0 Å². The van der Waals surface area contributed by atoms with Gasteiger partial charge in [-0.25, -0.2) is 0 Å². The van der Waals surface area contributed by atoms with Crippen molar-refractivity contribution in [3.05, 3.63) is 12.7 Å². The Morgan fingerprint density at radius 3 is 2.12 bits per heavy atom. The lowest BCUT2D eigenvalue weighted by Gasteiger charge is -2.36. The second-order valence-corrected chi connectivity index (χ2v) is 6.66. The summed E-state index contributed by atoms with van der Waals surface area (Å²) < 4.78 is 0. The van der Waals surface area contributed by atoms with Crippen LogP contribution < -0.4 is 0 Å². The summed E-state index contributed by atoms with van der Waals surface area (Å²) in [7, 11) is 0. The van der Waals surface area contributed by atoms with E-state index in [2.05, 4.69) is 53.1 Å². The standard InChI is InChI=1S/C16H31N/c1-8-11-17-14(9-2)12-16(6,7)13-15(4,5)10-3/h8,11,14H,1,9-10,12-13H2,2-7H3. The van der Waals surface area contributed by atoms with E-state index in [1.165, 1.54) is 12.8 Å². The van der Waals surface area contributed by atoms with Crippen LogP contribution >= 0.6 is 0 Å². The van der Waals surface area contributed by atoms with E-state index in [4.69, 9.17) is 0 Å². The normalized spacial score (nSPS) is 15.2. The third-order valence-corrected chi connectivity index (χ3v) is 3.58. The van der Waals surface area contributed by atoms with Gasteiger partial charge in [0.15, 0.2) is 0 Å². The summed E-state index contributed by atoms with van der Waals surface area (Å²) in [4.78, 5) is 4.56. The number of aliphatic imine (C=N–C) groups is 1. The molecule has 0 saturated carbocycles. The fraction of sp³-hybridized carbons (Fsp3) is 0.812. The fourth-order valence-electron chi connectivity index (χ4n) is 2.62. The van der Waals surface area contributed by atoms with Crippen LogP contribution in [0.15, 0.2) is 17.6 Å². The van der Waals surface area contributed by atoms with Crippen LogP contribution in [0.4, 0.5) is 0 Å². The van der Waals surface area contributed by atoms with Crippen LogP contribution in [0.3, 0.4) is 0 Å². The Morgan fingerprint density at radius 2 is 1.71 bits per heavy atom. The quantitative estimate of drug-likeness (QED) is 0.510. The molecule has 0 spiro atoms. The molecule has 0 aliphatic heterocycles. The Labute approximate surface area is 108 Å². The van der Waals surface area contributed by atoms with Gasteiger partial charge in [-0.05, 0) is 30.1 Å². The van der Waals surface area contributed by atoms with Gasteiger partial charge in [0.25, 0.3) is 0 Å². The molecule has 0 aliphatic rings. The molecule has 1 heteroatoms. The summed E-state index contributed by atoms with van der Waals surface area (Å²) in [5, 5.41) is 0. The molecular weight excluding hydrogens is 206 g/mol. The molecule has 1 unspecified atom stereocenters. The molecule has 0 amide bonds. The lowest BCUT2D eigenvalue weighted by molar-refractivity contribution is 0.167. The third-order valence-electron chi connectivity index (χ3n) is 3.58. The summed E-state index contributed by atoms with van der Waals surface area (Å²) in [5.74, 6) is 0. The van der Waals surface area contributed by atoms with Gasteiger partial charge in [0, 0.05) is 6.21 Å². The van der Waals surface area contributed by atoms with Gasteiger partial charge in [0.05, 0.1) is 6.04 Å². The van der Waals surface area contributed by atoms with E-state index in [0.717, 1.165) is 12.8 Å². The van der Waals surface area contributed by atoms with Crippen molar-refractivity contribution >= 4 is 6.21 Å². The predicted molar refractivity (Wildman–Crippen MR) is 79.9 cm³/mol. The Hall–Kier alpha value is -0.590. The van der Waals surface area contributed by atoms with E-state index in [1.807, 2.05) is 6.21 Å². The zero-order valence-corrected chi connectivity index (χ0v) is 12.7. The van der Waals surface area contributed by atoms with E-state index < -0.39 is 0 Å². The maximum atomic E-state index is 4.56. The number of hydrogen-bond donors (Lipinski definition) is 0. The van der Waals surface area contributed by atoms with Gasteiger partial charge in [-0.2, -0.15) is 0 Å². The minimum absolute atomic E-state index is 0.360. The largest absolute Gasteiger partial charge is 0.290 e. The van der Waals surface area contributed by atoms with Gasteiger partial charge < -0.3 is 0 Å². The molecule has 0 aromatic carbocycles. The second-order valence-electron chi connectivity index (χ2n) is 6.66. The number of allylic oxidation sites excluding steroid dienone is 1. The van der Waals surface area contributed by atoms with Crippen molar-refractivity contribution in [1.29, 1.82) is 0 Å². The predicted octanol–water partition coefficient (Wildman–Crippen LogP) is 5.26. The first-order valence-corrected chi connectivity index (χ1v) is 6.90. The zero-order chi connectivity index (χ0) is 13.5. The van der Waals surface area contributed by atoms with Crippen LogP contribution in [0.2, 0.25) is 0 Å². The van der Waals surface area contributed by atoms with Crippen molar-refractivity contribution in [2.75, 3.05) is 0 Å². The smallest absolute Gasteiger partial charge is 0.0502 e. The van der Waals surface area contributed by atoms with Crippen LogP contribution in [0.1, 0.15) is 67.2 Å². The third kappa shape index (κ3) is 7.36. The molecule has 0 aromatic heterocycles. The van der Waals surface area contributed by atoms with Gasteiger partial charge >= 0.3 is 0 Å². The lowest BCUT2D eigenvalue weighted by atomic mass is 9.71. The maximum absolute atomic E-state index is 4.56. The molecule has 1 nitrogen and oxygen atoms in total. The van der Waals surface area contributed by atoms with Crippen molar-refractivity contribution in [3.63, 3.8) is 0 Å². The monoisotopic (exact) mass is 237 g/mol. The van der Waals surface area contributed by atoms with Crippen molar-refractivity contribution in [2.45, 2.75) is 73.3 Å². The summed E-state index contributed by atoms with van der Waals surface area (Å²) in [5.41, 5.74) is 0.794. The average Bonchev–Trinajstić information content (AvgIpc) is 2.22. The average molecular weight is 237 g/mol. The highest BCUT2D eigenvalue weighted by Crippen LogP contribution is 2.39. The first-order valence-electron chi connectivity index (χ1n) is 6.90. The van der Waals surface area contributed by atoms with Crippen LogP contribution in [-0.2, 0) is 0 Å². The van der Waals surface area contributed by atoms with Crippen LogP contribution in [0, 0.1) is 10.8 Å². The molecular formula is C16H31N. The first kappa shape index (κ1) is 16.4. The first-order chi connectivity index (χ1) is 7.76. The fourth-order valence-corrected chi connectivity index (χ4v) is 2.62. The highest BCUT2D eigenvalue weighted by molar-refractivity contribution is 5.70. The zero-order valence-electron chi connectivity index (χ0n) is 12.7. The number of rotatable bonds is 8. The van der Waals surface area contributed by atoms with Crippen molar-refractivity contribution in [2.24, 2.45) is 15.8 Å². The topological polar surface area (TPSA) is 12.4 Å². The summed E-state index contributed by atoms with van der Waals surface area (Å²) in [6.45, 7) is 17.7. The van der Waals surface area contributed by atoms with Gasteiger partial charge in [0.2, 0.25) is 0 Å². The van der Waals surface area contributed by atoms with Gasteiger partial charge in [-0.3, -0.25) is 4.99 Å². The van der Waals surface area contributed by atoms with Gasteiger partial charge in [-0.15, -0.1) is 0 Å². The molecule has 0 aliphatic carbocycles. The molecule has 1 atom stereocenters. The SMILES string of the molecule is C=CC=NC(CC)CC(C)(C)CC(C)(C)CC. The molecule has 100 valence electrons. The second kappa shape index (κ2) is 6.98. The molecule has 0 N–H and O–H groups in total. The van der Waals surface area contributed by atoms with Crippen LogP contribution in [0.5, 0.6) is 0 Å². The molecule has 0 fully saturated rings. The molecule has 0 bridgehead atoms. The highest BCUT2D eigenvalue weighted by atomic mass is 14.8.